The molecule has 0 spiro atoms. The molecule has 0 atom stereocenters. The van der Waals surface area contributed by atoms with Crippen LogP contribution < -0.4 is 11.5 Å². The summed E-state index contributed by atoms with van der Waals surface area (Å²) in [6, 6.07) is 7.41. The maximum atomic E-state index is 12.0. The summed E-state index contributed by atoms with van der Waals surface area (Å²) in [6.45, 7) is 0. The Labute approximate surface area is 109 Å². The third kappa shape index (κ3) is 1.97. The maximum absolute atomic E-state index is 12.0. The number of benzene rings is 1. The number of carbonyl (C=O) groups is 1. The summed E-state index contributed by atoms with van der Waals surface area (Å²) in [7, 11) is 0. The number of carbonyl (C=O) groups excluding carboxylic acids is 1. The Kier molecular flexibility index (Phi) is 2.56. The third-order valence-electron chi connectivity index (χ3n) is 2.98. The number of aromatic nitrogens is 1. The van der Waals surface area contributed by atoms with Crippen molar-refractivity contribution in [1.29, 1.82) is 0 Å². The highest BCUT2D eigenvalue weighted by molar-refractivity contribution is 7.17. The third-order valence-corrected chi connectivity index (χ3v) is 4.12. The number of Topliss-reactive ketones (excluding diaryl/α,β-unsaturated/α-hetero) is 1. The van der Waals surface area contributed by atoms with Crippen molar-refractivity contribution in [2.45, 2.75) is 12.8 Å². The molecule has 0 amide bonds. The molecule has 1 saturated carbocycles. The molecule has 1 aromatic heterocycles. The summed E-state index contributed by atoms with van der Waals surface area (Å²) in [4.78, 5) is 16.9. The molecule has 0 saturated heterocycles. The predicted octanol–water partition coefficient (Wildman–Crippen LogP) is 2.57. The van der Waals surface area contributed by atoms with Crippen LogP contribution in [0.2, 0.25) is 0 Å². The fourth-order valence-corrected chi connectivity index (χ4v) is 2.80. The molecule has 4 nitrogen and oxygen atoms in total. The summed E-state index contributed by atoms with van der Waals surface area (Å²) in [5.41, 5.74) is 13.1. The molecule has 1 heterocycles. The lowest BCUT2D eigenvalue weighted by Gasteiger charge is -1.96. The Hall–Kier alpha value is -1.88. The van der Waals surface area contributed by atoms with Gasteiger partial charge in [-0.1, -0.05) is 0 Å². The Bertz CT molecular complexity index is 599. The molecule has 3 rings (SSSR count). The first-order chi connectivity index (χ1) is 8.65. The molecule has 92 valence electrons. The number of thiazole rings is 1. The highest BCUT2D eigenvalue weighted by Crippen LogP contribution is 2.38. The zero-order chi connectivity index (χ0) is 12.7. The fraction of sp³-hybridized carbons (Fsp3) is 0.231. The minimum atomic E-state index is 0.145. The lowest BCUT2D eigenvalue weighted by Crippen LogP contribution is -2.02. The first kappa shape index (κ1) is 11.2. The number of hydrogen-bond acceptors (Lipinski definition) is 5. The van der Waals surface area contributed by atoms with Gasteiger partial charge in [-0.3, -0.25) is 4.79 Å². The topological polar surface area (TPSA) is 82.0 Å². The van der Waals surface area contributed by atoms with Crippen LogP contribution in [-0.4, -0.2) is 10.8 Å². The number of ketones is 1. The largest absolute Gasteiger partial charge is 0.399 e. The molecular weight excluding hydrogens is 246 g/mol. The van der Waals surface area contributed by atoms with Crippen molar-refractivity contribution < 1.29 is 4.79 Å². The van der Waals surface area contributed by atoms with Crippen LogP contribution in [0.5, 0.6) is 0 Å². The van der Waals surface area contributed by atoms with E-state index >= 15 is 0 Å². The van der Waals surface area contributed by atoms with Crippen LogP contribution in [0.25, 0.3) is 10.6 Å². The van der Waals surface area contributed by atoms with Gasteiger partial charge < -0.3 is 11.5 Å². The second-order valence-corrected chi connectivity index (χ2v) is 5.49. The van der Waals surface area contributed by atoms with Gasteiger partial charge in [0.05, 0.1) is 0 Å². The summed E-state index contributed by atoms with van der Waals surface area (Å²) in [5.74, 6) is 0.669. The molecule has 1 aliphatic rings. The van der Waals surface area contributed by atoms with E-state index in [0.29, 0.717) is 16.4 Å². The average Bonchev–Trinajstić information content (AvgIpc) is 3.13. The second kappa shape index (κ2) is 4.10. The molecule has 1 fully saturated rings. The van der Waals surface area contributed by atoms with E-state index in [2.05, 4.69) is 4.98 Å². The van der Waals surface area contributed by atoms with Crippen molar-refractivity contribution >= 4 is 28.6 Å². The monoisotopic (exact) mass is 259 g/mol. The maximum Gasteiger partial charge on any atom is 0.179 e. The first-order valence-corrected chi connectivity index (χ1v) is 6.63. The predicted molar refractivity (Wildman–Crippen MR) is 73.4 cm³/mol. The Morgan fingerprint density at radius 1 is 1.22 bits per heavy atom. The van der Waals surface area contributed by atoms with E-state index in [0.717, 1.165) is 23.4 Å². The normalized spacial score (nSPS) is 14.7. The van der Waals surface area contributed by atoms with Gasteiger partial charge in [0, 0.05) is 17.2 Å². The molecular formula is C13H13N3OS. The van der Waals surface area contributed by atoms with E-state index in [1.165, 1.54) is 11.3 Å². The highest BCUT2D eigenvalue weighted by atomic mass is 32.1. The molecule has 2 aromatic rings. The SMILES string of the molecule is Nc1ccc(-c2nc(N)c(C(=O)C3CC3)s2)cc1. The number of nitrogens with two attached hydrogens (primary N) is 2. The van der Waals surface area contributed by atoms with Crippen LogP contribution in [0, 0.1) is 5.92 Å². The quantitative estimate of drug-likeness (QED) is 0.655. The number of nitrogens with zero attached hydrogens (tertiary/aromatic N) is 1. The van der Waals surface area contributed by atoms with Crippen molar-refractivity contribution in [1.82, 2.24) is 4.98 Å². The number of anilines is 2. The van der Waals surface area contributed by atoms with Gasteiger partial charge in [0.15, 0.2) is 5.78 Å². The van der Waals surface area contributed by atoms with Gasteiger partial charge in [-0.15, -0.1) is 11.3 Å². The smallest absolute Gasteiger partial charge is 0.179 e. The minimum Gasteiger partial charge on any atom is -0.399 e. The van der Waals surface area contributed by atoms with E-state index in [-0.39, 0.29) is 11.7 Å². The number of nitrogen functional groups attached to an aromatic ring is 2. The van der Waals surface area contributed by atoms with Gasteiger partial charge in [0.1, 0.15) is 15.7 Å². The van der Waals surface area contributed by atoms with E-state index < -0.39 is 0 Å². The van der Waals surface area contributed by atoms with Gasteiger partial charge >= 0.3 is 0 Å². The van der Waals surface area contributed by atoms with Crippen LogP contribution >= 0.6 is 11.3 Å². The van der Waals surface area contributed by atoms with Crippen LogP contribution in [0.15, 0.2) is 24.3 Å². The molecule has 0 aliphatic heterocycles. The lowest BCUT2D eigenvalue weighted by molar-refractivity contribution is 0.0972. The van der Waals surface area contributed by atoms with Gasteiger partial charge in [-0.2, -0.15) is 0 Å². The van der Waals surface area contributed by atoms with Gasteiger partial charge in [0.25, 0.3) is 0 Å². The fourth-order valence-electron chi connectivity index (χ4n) is 1.79. The lowest BCUT2D eigenvalue weighted by atomic mass is 10.2. The highest BCUT2D eigenvalue weighted by Gasteiger charge is 2.33. The molecule has 1 aromatic carbocycles. The van der Waals surface area contributed by atoms with E-state index in [1.54, 1.807) is 0 Å². The van der Waals surface area contributed by atoms with Gasteiger partial charge in [0.2, 0.25) is 0 Å². The zero-order valence-corrected chi connectivity index (χ0v) is 10.5. The summed E-state index contributed by atoms with van der Waals surface area (Å²) in [6.07, 6.45) is 1.96. The van der Waals surface area contributed by atoms with Crippen LogP contribution in [0.4, 0.5) is 11.5 Å². The average molecular weight is 259 g/mol. The van der Waals surface area contributed by atoms with Crippen molar-refractivity contribution in [3.8, 4) is 10.6 Å². The summed E-state index contributed by atoms with van der Waals surface area (Å²) < 4.78 is 0. The van der Waals surface area contributed by atoms with E-state index in [4.69, 9.17) is 11.5 Å². The molecule has 1 aliphatic carbocycles. The van der Waals surface area contributed by atoms with E-state index in [1.807, 2.05) is 24.3 Å². The second-order valence-electron chi connectivity index (χ2n) is 4.49. The summed E-state index contributed by atoms with van der Waals surface area (Å²) >= 11 is 1.37. The van der Waals surface area contributed by atoms with Gasteiger partial charge in [-0.05, 0) is 37.1 Å². The Balaban J connectivity index is 1.96. The molecule has 0 bridgehead atoms. The molecule has 0 radical (unpaired) electrons. The molecule has 4 N–H and O–H groups in total. The molecule has 0 unspecified atom stereocenters. The standard InChI is InChI=1S/C13H13N3OS/c14-9-5-3-8(4-6-9)13-16-12(15)11(18-13)10(17)7-1-2-7/h3-7H,1-2,14-15H2. The van der Waals surface area contributed by atoms with Crippen LogP contribution in [0.1, 0.15) is 22.5 Å². The molecule has 18 heavy (non-hydrogen) atoms. The van der Waals surface area contributed by atoms with Crippen molar-refractivity contribution in [2.24, 2.45) is 5.92 Å². The summed E-state index contributed by atoms with van der Waals surface area (Å²) in [5, 5.41) is 0.775. The Morgan fingerprint density at radius 2 is 1.89 bits per heavy atom. The van der Waals surface area contributed by atoms with Crippen molar-refractivity contribution in [2.75, 3.05) is 11.5 Å². The van der Waals surface area contributed by atoms with Crippen LogP contribution in [0.3, 0.4) is 0 Å². The zero-order valence-electron chi connectivity index (χ0n) is 9.72. The minimum absolute atomic E-state index is 0.145. The Morgan fingerprint density at radius 3 is 2.50 bits per heavy atom. The number of hydrogen-bond donors (Lipinski definition) is 2. The number of rotatable bonds is 3. The van der Waals surface area contributed by atoms with Crippen LogP contribution in [-0.2, 0) is 0 Å². The molecule has 5 heteroatoms. The van der Waals surface area contributed by atoms with Crippen molar-refractivity contribution in [3.05, 3.63) is 29.1 Å². The first-order valence-electron chi connectivity index (χ1n) is 5.81. The van der Waals surface area contributed by atoms with Gasteiger partial charge in [-0.25, -0.2) is 4.98 Å². The van der Waals surface area contributed by atoms with E-state index in [9.17, 15) is 4.79 Å². The van der Waals surface area contributed by atoms with Crippen molar-refractivity contribution in [3.63, 3.8) is 0 Å².